The summed E-state index contributed by atoms with van der Waals surface area (Å²) in [5.41, 5.74) is -0.516. The summed E-state index contributed by atoms with van der Waals surface area (Å²) in [6.45, 7) is 3.80. The molecule has 0 spiro atoms. The Labute approximate surface area is 135 Å². The van der Waals surface area contributed by atoms with Crippen molar-refractivity contribution in [3.63, 3.8) is 0 Å². The van der Waals surface area contributed by atoms with Gasteiger partial charge in [0.2, 0.25) is 16.3 Å². The largest absolute Gasteiger partial charge is 0.450 e. The molecule has 0 radical (unpaired) electrons. The zero-order valence-electron chi connectivity index (χ0n) is 11.7. The summed E-state index contributed by atoms with van der Waals surface area (Å²) in [4.78, 5) is 32.8. The number of rotatable bonds is 3. The van der Waals surface area contributed by atoms with Gasteiger partial charge in [0.15, 0.2) is 0 Å². The topological polar surface area (TPSA) is 102 Å². The minimum Gasteiger partial charge on any atom is -0.450 e. The zero-order valence-corrected chi connectivity index (χ0v) is 13.2. The Morgan fingerprint density at radius 1 is 1.27 bits per heavy atom. The highest BCUT2D eigenvalue weighted by molar-refractivity contribution is 6.36. The molecule has 120 valence electrons. The van der Waals surface area contributed by atoms with Gasteiger partial charge in [-0.15, -0.1) is 0 Å². The minimum atomic E-state index is -0.729. The number of carbonyl (C=O) groups excluding carboxylic acids is 1. The summed E-state index contributed by atoms with van der Waals surface area (Å²) in [6, 6.07) is 0. The Morgan fingerprint density at radius 3 is 2.27 bits per heavy atom. The zero-order chi connectivity index (χ0) is 16.3. The average molecular weight is 350 g/mol. The Hall–Kier alpha value is -1.87. The molecule has 9 nitrogen and oxygen atoms in total. The number of halogens is 2. The quantitative estimate of drug-likeness (QED) is 0.466. The molecule has 0 N–H and O–H groups in total. The van der Waals surface area contributed by atoms with E-state index in [-0.39, 0.29) is 22.3 Å². The summed E-state index contributed by atoms with van der Waals surface area (Å²) >= 11 is 11.6. The molecular weight excluding hydrogens is 337 g/mol. The maximum Gasteiger partial charge on any atom is 0.409 e. The van der Waals surface area contributed by atoms with Crippen LogP contribution in [0.2, 0.25) is 10.3 Å². The molecule has 0 aromatic carbocycles. The van der Waals surface area contributed by atoms with Gasteiger partial charge >= 0.3 is 11.8 Å². The Balaban J connectivity index is 2.09. The lowest BCUT2D eigenvalue weighted by molar-refractivity contribution is -0.385. The highest BCUT2D eigenvalue weighted by Gasteiger charge is 2.27. The maximum atomic E-state index is 11.6. The van der Waals surface area contributed by atoms with Gasteiger partial charge in [0, 0.05) is 26.2 Å². The fraction of sp³-hybridized carbons (Fsp3) is 0.545. The molecule has 0 bridgehead atoms. The molecule has 0 saturated carbocycles. The molecular formula is C11H13Cl2N5O4. The van der Waals surface area contributed by atoms with Gasteiger partial charge in [-0.3, -0.25) is 10.1 Å². The molecule has 1 saturated heterocycles. The van der Waals surface area contributed by atoms with Crippen LogP contribution in [0, 0.1) is 10.1 Å². The van der Waals surface area contributed by atoms with Crippen molar-refractivity contribution in [2.24, 2.45) is 0 Å². The average Bonchev–Trinajstić information content (AvgIpc) is 2.46. The Bertz CT molecular complexity index is 569. The molecule has 1 aliphatic heterocycles. The second-order valence-corrected chi connectivity index (χ2v) is 5.10. The highest BCUT2D eigenvalue weighted by atomic mass is 35.5. The lowest BCUT2D eigenvalue weighted by Crippen LogP contribution is -2.49. The molecule has 1 aromatic rings. The van der Waals surface area contributed by atoms with E-state index in [9.17, 15) is 14.9 Å². The van der Waals surface area contributed by atoms with Crippen molar-refractivity contribution in [1.82, 2.24) is 14.9 Å². The predicted molar refractivity (Wildman–Crippen MR) is 79.5 cm³/mol. The van der Waals surface area contributed by atoms with Crippen LogP contribution in [0.5, 0.6) is 0 Å². The van der Waals surface area contributed by atoms with E-state index in [0.29, 0.717) is 32.8 Å². The van der Waals surface area contributed by atoms with Crippen LogP contribution in [-0.2, 0) is 4.74 Å². The van der Waals surface area contributed by atoms with Crippen LogP contribution < -0.4 is 4.90 Å². The number of hydrogen-bond acceptors (Lipinski definition) is 7. The minimum absolute atomic E-state index is 0.198. The maximum absolute atomic E-state index is 11.6. The molecule has 1 aromatic heterocycles. The van der Waals surface area contributed by atoms with Crippen LogP contribution in [0.4, 0.5) is 16.4 Å². The van der Waals surface area contributed by atoms with Crippen molar-refractivity contribution in [3.8, 4) is 0 Å². The van der Waals surface area contributed by atoms with Gasteiger partial charge in [0.25, 0.3) is 0 Å². The first-order chi connectivity index (χ1) is 10.4. The van der Waals surface area contributed by atoms with Crippen LogP contribution in [0.15, 0.2) is 0 Å². The molecule has 2 heterocycles. The Morgan fingerprint density at radius 2 is 1.82 bits per heavy atom. The van der Waals surface area contributed by atoms with Crippen molar-refractivity contribution < 1.29 is 14.5 Å². The molecule has 0 unspecified atom stereocenters. The number of piperazine rings is 1. The van der Waals surface area contributed by atoms with Gasteiger partial charge in [-0.2, -0.15) is 9.97 Å². The number of carbonyl (C=O) groups is 1. The SMILES string of the molecule is CCOC(=O)N1CCN(c2nc(Cl)c([N+](=O)[O-])c(Cl)n2)CC1. The van der Waals surface area contributed by atoms with E-state index in [0.717, 1.165) is 0 Å². The van der Waals surface area contributed by atoms with Crippen LogP contribution in [0.1, 0.15) is 6.92 Å². The normalized spacial score (nSPS) is 14.9. The lowest BCUT2D eigenvalue weighted by atomic mass is 10.3. The van der Waals surface area contributed by atoms with Crippen LogP contribution in [0.3, 0.4) is 0 Å². The molecule has 1 fully saturated rings. The van der Waals surface area contributed by atoms with Gasteiger partial charge in [-0.1, -0.05) is 23.2 Å². The van der Waals surface area contributed by atoms with Crippen molar-refractivity contribution in [3.05, 3.63) is 20.4 Å². The second-order valence-electron chi connectivity index (χ2n) is 4.38. The monoisotopic (exact) mass is 349 g/mol. The number of aromatic nitrogens is 2. The number of nitrogens with zero attached hydrogens (tertiary/aromatic N) is 5. The van der Waals surface area contributed by atoms with E-state index < -0.39 is 10.6 Å². The van der Waals surface area contributed by atoms with E-state index in [1.54, 1.807) is 16.7 Å². The van der Waals surface area contributed by atoms with Crippen molar-refractivity contribution in [2.75, 3.05) is 37.7 Å². The van der Waals surface area contributed by atoms with Crippen molar-refractivity contribution in [2.45, 2.75) is 6.92 Å². The molecule has 0 atom stereocenters. The van der Waals surface area contributed by atoms with E-state index in [2.05, 4.69) is 9.97 Å². The lowest BCUT2D eigenvalue weighted by Gasteiger charge is -2.33. The molecule has 1 amide bonds. The molecule has 11 heteroatoms. The summed E-state index contributed by atoms with van der Waals surface area (Å²) in [7, 11) is 0. The van der Waals surface area contributed by atoms with Crippen LogP contribution in [-0.4, -0.2) is 58.7 Å². The van der Waals surface area contributed by atoms with Gasteiger partial charge in [0.1, 0.15) is 0 Å². The number of hydrogen-bond donors (Lipinski definition) is 0. The fourth-order valence-corrected chi connectivity index (χ4v) is 2.50. The van der Waals surface area contributed by atoms with Gasteiger partial charge in [-0.05, 0) is 6.92 Å². The summed E-state index contributed by atoms with van der Waals surface area (Å²) in [5, 5.41) is 10.2. The number of nitro groups is 1. The third-order valence-electron chi connectivity index (χ3n) is 3.06. The van der Waals surface area contributed by atoms with E-state index in [1.165, 1.54) is 0 Å². The van der Waals surface area contributed by atoms with Crippen molar-refractivity contribution >= 4 is 40.9 Å². The first-order valence-corrected chi connectivity index (χ1v) is 7.23. The highest BCUT2D eigenvalue weighted by Crippen LogP contribution is 2.31. The van der Waals surface area contributed by atoms with Gasteiger partial charge < -0.3 is 14.5 Å². The smallest absolute Gasteiger partial charge is 0.409 e. The first kappa shape index (κ1) is 16.5. The standard InChI is InChI=1S/C11H13Cl2N5O4/c1-2-22-11(19)17-5-3-16(4-6-17)10-14-8(12)7(18(20)21)9(13)15-10/h2-6H2,1H3. The predicted octanol–water partition coefficient (Wildman–Crippen LogP) is 1.97. The van der Waals surface area contributed by atoms with Crippen molar-refractivity contribution in [1.29, 1.82) is 0 Å². The molecule has 22 heavy (non-hydrogen) atoms. The van der Waals surface area contributed by atoms with Crippen LogP contribution >= 0.6 is 23.2 Å². The van der Waals surface area contributed by atoms with E-state index in [1.807, 2.05) is 0 Å². The second kappa shape index (κ2) is 6.93. The van der Waals surface area contributed by atoms with E-state index in [4.69, 9.17) is 27.9 Å². The van der Waals surface area contributed by atoms with Crippen LogP contribution in [0.25, 0.3) is 0 Å². The molecule has 0 aliphatic carbocycles. The third-order valence-corrected chi connectivity index (χ3v) is 3.59. The summed E-state index contributed by atoms with van der Waals surface area (Å²) < 4.78 is 4.92. The third kappa shape index (κ3) is 3.47. The van der Waals surface area contributed by atoms with Gasteiger partial charge in [0.05, 0.1) is 11.5 Å². The van der Waals surface area contributed by atoms with E-state index >= 15 is 0 Å². The number of amides is 1. The number of anilines is 1. The number of ether oxygens (including phenoxy) is 1. The molecule has 2 rings (SSSR count). The fourth-order valence-electron chi connectivity index (χ4n) is 1.99. The summed E-state index contributed by atoms with van der Waals surface area (Å²) in [5.74, 6) is 0.198. The van der Waals surface area contributed by atoms with Gasteiger partial charge in [-0.25, -0.2) is 4.79 Å². The molecule has 1 aliphatic rings. The first-order valence-electron chi connectivity index (χ1n) is 6.48. The Kier molecular flexibility index (Phi) is 5.19. The summed E-state index contributed by atoms with van der Waals surface area (Å²) in [6.07, 6.45) is -0.372.